The van der Waals surface area contributed by atoms with Crippen molar-refractivity contribution in [1.29, 1.82) is 0 Å². The van der Waals surface area contributed by atoms with Crippen LogP contribution in [-0.4, -0.2) is 31.7 Å². The number of carbonyl (C=O) groups is 1. The van der Waals surface area contributed by atoms with Gasteiger partial charge in [-0.25, -0.2) is 0 Å². The first-order valence-electron chi connectivity index (χ1n) is 7.52. The van der Waals surface area contributed by atoms with E-state index in [1.807, 2.05) is 24.3 Å². The molecule has 1 atom stereocenters. The molecule has 1 fully saturated rings. The number of nitrogens with two attached hydrogens (primary N) is 1. The zero-order valence-electron chi connectivity index (χ0n) is 12.2. The van der Waals surface area contributed by atoms with Crippen LogP contribution in [-0.2, 0) is 16.0 Å². The predicted molar refractivity (Wildman–Crippen MR) is 84.3 cm³/mol. The molecule has 4 nitrogen and oxygen atoms in total. The third-order valence-corrected chi connectivity index (χ3v) is 4.18. The molecule has 0 saturated carbocycles. The fraction of sp³-hybridized carbons (Fsp3) is 0.562. The molecule has 1 heterocycles. The largest absolute Gasteiger partial charge is 0.381 e. The van der Waals surface area contributed by atoms with Crippen molar-refractivity contribution in [3.8, 4) is 0 Å². The zero-order chi connectivity index (χ0) is 15.1. The number of amides is 1. The van der Waals surface area contributed by atoms with Crippen LogP contribution in [0.3, 0.4) is 0 Å². The molecule has 0 radical (unpaired) electrons. The molecule has 0 bridgehead atoms. The van der Waals surface area contributed by atoms with Crippen molar-refractivity contribution in [2.24, 2.45) is 11.7 Å². The van der Waals surface area contributed by atoms with Gasteiger partial charge in [-0.2, -0.15) is 0 Å². The van der Waals surface area contributed by atoms with Gasteiger partial charge in [-0.15, -0.1) is 0 Å². The van der Waals surface area contributed by atoms with Gasteiger partial charge in [-0.05, 0) is 49.3 Å². The summed E-state index contributed by atoms with van der Waals surface area (Å²) in [7, 11) is 0. The van der Waals surface area contributed by atoms with Crippen LogP contribution in [0.1, 0.15) is 24.8 Å². The van der Waals surface area contributed by atoms with Crippen molar-refractivity contribution in [3.63, 3.8) is 0 Å². The first kappa shape index (κ1) is 16.3. The number of halogens is 1. The normalized spacial score (nSPS) is 17.4. The molecule has 1 unspecified atom stereocenters. The Morgan fingerprint density at radius 3 is 2.67 bits per heavy atom. The lowest BCUT2D eigenvalue weighted by molar-refractivity contribution is -0.124. The fourth-order valence-corrected chi connectivity index (χ4v) is 2.69. The van der Waals surface area contributed by atoms with E-state index >= 15 is 0 Å². The van der Waals surface area contributed by atoms with Crippen LogP contribution in [0.2, 0.25) is 5.02 Å². The summed E-state index contributed by atoms with van der Waals surface area (Å²) >= 11 is 5.84. The number of hydrogen-bond acceptors (Lipinski definition) is 3. The molecule has 0 aromatic heterocycles. The Balaban J connectivity index is 1.65. The SMILES string of the molecule is NC(C(=O)NCCCc1ccc(Cl)cc1)C1CCOCC1. The van der Waals surface area contributed by atoms with E-state index < -0.39 is 6.04 Å². The molecular weight excluding hydrogens is 288 g/mol. The Kier molecular flexibility index (Phi) is 6.49. The molecule has 3 N–H and O–H groups in total. The van der Waals surface area contributed by atoms with Gasteiger partial charge >= 0.3 is 0 Å². The molecule has 116 valence electrons. The van der Waals surface area contributed by atoms with Gasteiger partial charge in [0.25, 0.3) is 0 Å². The standard InChI is InChI=1S/C16H23ClN2O2/c17-14-5-3-12(4-6-14)2-1-9-19-16(20)15(18)13-7-10-21-11-8-13/h3-6,13,15H,1-2,7-11,18H2,(H,19,20). The van der Waals surface area contributed by atoms with Gasteiger partial charge in [0.15, 0.2) is 0 Å². The Bertz CT molecular complexity index is 444. The Hall–Kier alpha value is -1.10. The first-order chi connectivity index (χ1) is 10.2. The molecule has 0 aliphatic carbocycles. The lowest BCUT2D eigenvalue weighted by Gasteiger charge is -2.26. The molecule has 1 amide bonds. The van der Waals surface area contributed by atoms with Gasteiger partial charge in [0, 0.05) is 24.8 Å². The van der Waals surface area contributed by atoms with E-state index in [1.165, 1.54) is 5.56 Å². The average Bonchev–Trinajstić information content (AvgIpc) is 2.53. The molecule has 21 heavy (non-hydrogen) atoms. The van der Waals surface area contributed by atoms with E-state index in [0.717, 1.165) is 30.7 Å². The highest BCUT2D eigenvalue weighted by Gasteiger charge is 2.26. The maximum absolute atomic E-state index is 12.0. The number of hydrogen-bond donors (Lipinski definition) is 2. The van der Waals surface area contributed by atoms with Crippen LogP contribution in [0.5, 0.6) is 0 Å². The minimum atomic E-state index is -0.413. The second-order valence-electron chi connectivity index (χ2n) is 5.50. The summed E-state index contributed by atoms with van der Waals surface area (Å²) in [6.45, 7) is 2.07. The molecule has 1 aromatic rings. The van der Waals surface area contributed by atoms with Crippen LogP contribution in [0, 0.1) is 5.92 Å². The van der Waals surface area contributed by atoms with Crippen LogP contribution in [0.4, 0.5) is 0 Å². The van der Waals surface area contributed by atoms with Gasteiger partial charge in [-0.1, -0.05) is 23.7 Å². The van der Waals surface area contributed by atoms with Crippen molar-refractivity contribution in [3.05, 3.63) is 34.9 Å². The van der Waals surface area contributed by atoms with Gasteiger partial charge in [0.1, 0.15) is 0 Å². The second-order valence-corrected chi connectivity index (χ2v) is 5.93. The predicted octanol–water partition coefficient (Wildman–Crippen LogP) is 2.14. The maximum atomic E-state index is 12.0. The number of aryl methyl sites for hydroxylation is 1. The van der Waals surface area contributed by atoms with E-state index in [4.69, 9.17) is 22.1 Å². The molecule has 1 aliphatic heterocycles. The second kappa shape index (κ2) is 8.37. The van der Waals surface area contributed by atoms with Crippen molar-refractivity contribution in [2.75, 3.05) is 19.8 Å². The third-order valence-electron chi connectivity index (χ3n) is 3.93. The number of nitrogens with one attached hydrogen (secondary N) is 1. The molecule has 0 spiro atoms. The summed E-state index contributed by atoms with van der Waals surface area (Å²) in [5.41, 5.74) is 7.24. The molecule has 1 aliphatic rings. The van der Waals surface area contributed by atoms with E-state index in [1.54, 1.807) is 0 Å². The molecule has 5 heteroatoms. The van der Waals surface area contributed by atoms with Crippen molar-refractivity contribution in [2.45, 2.75) is 31.7 Å². The van der Waals surface area contributed by atoms with Crippen LogP contribution in [0.15, 0.2) is 24.3 Å². The Labute approximate surface area is 131 Å². The highest BCUT2D eigenvalue weighted by Crippen LogP contribution is 2.17. The summed E-state index contributed by atoms with van der Waals surface area (Å²) < 4.78 is 5.29. The van der Waals surface area contributed by atoms with Crippen LogP contribution in [0.25, 0.3) is 0 Å². The summed E-state index contributed by atoms with van der Waals surface area (Å²) in [4.78, 5) is 12.0. The summed E-state index contributed by atoms with van der Waals surface area (Å²) in [5, 5.41) is 3.68. The van der Waals surface area contributed by atoms with Gasteiger partial charge in [0.2, 0.25) is 5.91 Å². The van der Waals surface area contributed by atoms with E-state index in [-0.39, 0.29) is 11.8 Å². The maximum Gasteiger partial charge on any atom is 0.237 e. The minimum absolute atomic E-state index is 0.0435. The van der Waals surface area contributed by atoms with Gasteiger partial charge in [0.05, 0.1) is 6.04 Å². The number of ether oxygens (including phenoxy) is 1. The summed E-state index contributed by atoms with van der Waals surface area (Å²) in [6, 6.07) is 7.38. The zero-order valence-corrected chi connectivity index (χ0v) is 12.9. The monoisotopic (exact) mass is 310 g/mol. The molecule has 1 saturated heterocycles. The molecule has 2 rings (SSSR count). The fourth-order valence-electron chi connectivity index (χ4n) is 2.56. The quantitative estimate of drug-likeness (QED) is 0.791. The summed E-state index contributed by atoms with van der Waals surface area (Å²) in [6.07, 6.45) is 3.57. The Morgan fingerprint density at radius 1 is 1.33 bits per heavy atom. The highest BCUT2D eigenvalue weighted by molar-refractivity contribution is 6.30. The van der Waals surface area contributed by atoms with Crippen molar-refractivity contribution in [1.82, 2.24) is 5.32 Å². The van der Waals surface area contributed by atoms with Gasteiger partial charge in [-0.3, -0.25) is 4.79 Å². The van der Waals surface area contributed by atoms with Crippen molar-refractivity contribution < 1.29 is 9.53 Å². The first-order valence-corrected chi connectivity index (χ1v) is 7.90. The third kappa shape index (κ3) is 5.30. The van der Waals surface area contributed by atoms with Crippen molar-refractivity contribution >= 4 is 17.5 Å². The van der Waals surface area contributed by atoms with Crippen LogP contribution < -0.4 is 11.1 Å². The lowest BCUT2D eigenvalue weighted by atomic mass is 9.92. The van der Waals surface area contributed by atoms with E-state index in [9.17, 15) is 4.79 Å². The molecule has 1 aromatic carbocycles. The molecular formula is C16H23ClN2O2. The minimum Gasteiger partial charge on any atom is -0.381 e. The number of carbonyl (C=O) groups excluding carboxylic acids is 1. The van der Waals surface area contributed by atoms with Gasteiger partial charge < -0.3 is 15.8 Å². The van der Waals surface area contributed by atoms with Crippen LogP contribution >= 0.6 is 11.6 Å². The smallest absolute Gasteiger partial charge is 0.237 e. The highest BCUT2D eigenvalue weighted by atomic mass is 35.5. The summed E-state index contributed by atoms with van der Waals surface area (Å²) in [5.74, 6) is 0.202. The topological polar surface area (TPSA) is 64.4 Å². The number of benzene rings is 1. The van der Waals surface area contributed by atoms with E-state index in [0.29, 0.717) is 19.8 Å². The van der Waals surface area contributed by atoms with E-state index in [2.05, 4.69) is 5.32 Å². The lowest BCUT2D eigenvalue weighted by Crippen LogP contribution is -2.47. The number of rotatable bonds is 6. The average molecular weight is 311 g/mol. The Morgan fingerprint density at radius 2 is 2.00 bits per heavy atom.